The van der Waals surface area contributed by atoms with Crippen LogP contribution in [-0.2, 0) is 4.74 Å². The highest BCUT2D eigenvalue weighted by molar-refractivity contribution is 5.39. The second kappa shape index (κ2) is 3.53. The summed E-state index contributed by atoms with van der Waals surface area (Å²) < 4.78 is 11.0. The predicted molar refractivity (Wildman–Crippen MR) is 58.4 cm³/mol. The van der Waals surface area contributed by atoms with Crippen LogP contribution in [0.1, 0.15) is 29.9 Å². The smallest absolute Gasteiger partial charge is 0.145 e. The zero-order valence-corrected chi connectivity index (χ0v) is 9.03. The highest BCUT2D eigenvalue weighted by atomic mass is 16.6. The standard InChI is InChI=1S/C13H16O2/c1-9-2-3-11(10-4-5-10)6-13(9)15-12-7-14-8-12/h2-3,6,10,12H,4-5,7-8H2,1H3. The van der Waals surface area contributed by atoms with E-state index in [-0.39, 0.29) is 6.10 Å². The molecule has 1 aliphatic heterocycles. The quantitative estimate of drug-likeness (QED) is 0.753. The lowest BCUT2D eigenvalue weighted by Crippen LogP contribution is -2.38. The van der Waals surface area contributed by atoms with Gasteiger partial charge in [0, 0.05) is 0 Å². The molecule has 2 aliphatic rings. The molecule has 80 valence electrons. The monoisotopic (exact) mass is 204 g/mol. The summed E-state index contributed by atoms with van der Waals surface area (Å²) in [6, 6.07) is 6.62. The van der Waals surface area contributed by atoms with Crippen LogP contribution in [-0.4, -0.2) is 19.3 Å². The number of hydrogen-bond acceptors (Lipinski definition) is 2. The van der Waals surface area contributed by atoms with Crippen LogP contribution in [0.25, 0.3) is 0 Å². The number of benzene rings is 1. The summed E-state index contributed by atoms with van der Waals surface area (Å²) in [5.74, 6) is 1.85. The Morgan fingerprint density at radius 3 is 2.67 bits per heavy atom. The molecule has 2 fully saturated rings. The lowest BCUT2D eigenvalue weighted by Gasteiger charge is -2.27. The maximum absolute atomic E-state index is 5.87. The molecule has 0 unspecified atom stereocenters. The van der Waals surface area contributed by atoms with Gasteiger partial charge in [-0.1, -0.05) is 12.1 Å². The van der Waals surface area contributed by atoms with Crippen LogP contribution in [0.2, 0.25) is 0 Å². The number of ether oxygens (including phenoxy) is 2. The minimum absolute atomic E-state index is 0.276. The van der Waals surface area contributed by atoms with Gasteiger partial charge in [0.2, 0.25) is 0 Å². The summed E-state index contributed by atoms with van der Waals surface area (Å²) in [6.45, 7) is 3.59. The Labute approximate surface area is 90.2 Å². The molecular weight excluding hydrogens is 188 g/mol. The molecule has 0 spiro atoms. The lowest BCUT2D eigenvalue weighted by molar-refractivity contribution is -0.0799. The van der Waals surface area contributed by atoms with Gasteiger partial charge in [0.15, 0.2) is 0 Å². The van der Waals surface area contributed by atoms with Crippen LogP contribution in [0.3, 0.4) is 0 Å². The summed E-state index contributed by atoms with van der Waals surface area (Å²) in [5, 5.41) is 0. The normalized spacial score (nSPS) is 21.1. The first-order valence-electron chi connectivity index (χ1n) is 5.68. The third-order valence-electron chi connectivity index (χ3n) is 3.16. The fourth-order valence-corrected chi connectivity index (χ4v) is 1.88. The molecule has 15 heavy (non-hydrogen) atoms. The van der Waals surface area contributed by atoms with Crippen molar-refractivity contribution in [1.82, 2.24) is 0 Å². The van der Waals surface area contributed by atoms with E-state index in [1.54, 1.807) is 0 Å². The van der Waals surface area contributed by atoms with Crippen molar-refractivity contribution >= 4 is 0 Å². The van der Waals surface area contributed by atoms with E-state index in [1.807, 2.05) is 0 Å². The summed E-state index contributed by atoms with van der Waals surface area (Å²) in [5.41, 5.74) is 2.67. The van der Waals surface area contributed by atoms with Gasteiger partial charge in [-0.25, -0.2) is 0 Å². The zero-order chi connectivity index (χ0) is 10.3. The van der Waals surface area contributed by atoms with E-state index >= 15 is 0 Å². The fourth-order valence-electron chi connectivity index (χ4n) is 1.88. The first kappa shape index (κ1) is 9.22. The molecule has 2 heteroatoms. The molecule has 3 rings (SSSR count). The van der Waals surface area contributed by atoms with E-state index in [0.717, 1.165) is 24.9 Å². The molecule has 1 aromatic carbocycles. The van der Waals surface area contributed by atoms with Crippen molar-refractivity contribution in [3.8, 4) is 5.75 Å². The minimum Gasteiger partial charge on any atom is -0.485 e. The Kier molecular flexibility index (Phi) is 2.17. The molecule has 0 aromatic heterocycles. The van der Waals surface area contributed by atoms with Gasteiger partial charge in [0.25, 0.3) is 0 Å². The average molecular weight is 204 g/mol. The van der Waals surface area contributed by atoms with Gasteiger partial charge in [-0.15, -0.1) is 0 Å². The third kappa shape index (κ3) is 1.86. The minimum atomic E-state index is 0.276. The molecule has 1 saturated heterocycles. The van der Waals surface area contributed by atoms with Gasteiger partial charge in [-0.3, -0.25) is 0 Å². The van der Waals surface area contributed by atoms with Gasteiger partial charge >= 0.3 is 0 Å². The number of hydrogen-bond donors (Lipinski definition) is 0. The first-order valence-corrected chi connectivity index (χ1v) is 5.68. The Hall–Kier alpha value is -1.02. The van der Waals surface area contributed by atoms with Crippen molar-refractivity contribution in [2.24, 2.45) is 0 Å². The van der Waals surface area contributed by atoms with E-state index in [0.29, 0.717) is 0 Å². The molecule has 0 amide bonds. The molecule has 1 aliphatic carbocycles. The van der Waals surface area contributed by atoms with Gasteiger partial charge in [0.1, 0.15) is 11.9 Å². The van der Waals surface area contributed by atoms with E-state index in [4.69, 9.17) is 9.47 Å². The van der Waals surface area contributed by atoms with Crippen LogP contribution in [0, 0.1) is 6.92 Å². The Balaban J connectivity index is 1.80. The fraction of sp³-hybridized carbons (Fsp3) is 0.538. The first-order chi connectivity index (χ1) is 7.33. The molecular formula is C13H16O2. The second-order valence-corrected chi connectivity index (χ2v) is 4.58. The molecule has 0 bridgehead atoms. The third-order valence-corrected chi connectivity index (χ3v) is 3.16. The second-order valence-electron chi connectivity index (χ2n) is 4.58. The number of rotatable bonds is 3. The van der Waals surface area contributed by atoms with Crippen LogP contribution in [0.4, 0.5) is 0 Å². The van der Waals surface area contributed by atoms with Crippen molar-refractivity contribution in [3.05, 3.63) is 29.3 Å². The Morgan fingerprint density at radius 2 is 2.07 bits per heavy atom. The zero-order valence-electron chi connectivity index (χ0n) is 9.03. The summed E-state index contributed by atoms with van der Waals surface area (Å²) in [6.07, 6.45) is 2.96. The van der Waals surface area contributed by atoms with Crippen LogP contribution in [0.5, 0.6) is 5.75 Å². The largest absolute Gasteiger partial charge is 0.485 e. The van der Waals surface area contributed by atoms with Gasteiger partial charge in [-0.05, 0) is 42.9 Å². The highest BCUT2D eigenvalue weighted by Gasteiger charge is 2.25. The van der Waals surface area contributed by atoms with Crippen molar-refractivity contribution < 1.29 is 9.47 Å². The summed E-state index contributed by atoms with van der Waals surface area (Å²) in [7, 11) is 0. The van der Waals surface area contributed by atoms with Crippen molar-refractivity contribution in [3.63, 3.8) is 0 Å². The van der Waals surface area contributed by atoms with Crippen LogP contribution >= 0.6 is 0 Å². The van der Waals surface area contributed by atoms with Crippen LogP contribution < -0.4 is 4.74 Å². The van der Waals surface area contributed by atoms with Crippen molar-refractivity contribution in [2.45, 2.75) is 31.8 Å². The Morgan fingerprint density at radius 1 is 1.27 bits per heavy atom. The molecule has 1 heterocycles. The predicted octanol–water partition coefficient (Wildman–Crippen LogP) is 2.65. The average Bonchev–Trinajstić information content (AvgIpc) is 2.97. The van der Waals surface area contributed by atoms with Gasteiger partial charge in [-0.2, -0.15) is 0 Å². The molecule has 2 nitrogen and oxygen atoms in total. The summed E-state index contributed by atoms with van der Waals surface area (Å²) >= 11 is 0. The molecule has 0 N–H and O–H groups in total. The summed E-state index contributed by atoms with van der Waals surface area (Å²) in [4.78, 5) is 0. The van der Waals surface area contributed by atoms with E-state index in [2.05, 4.69) is 25.1 Å². The lowest BCUT2D eigenvalue weighted by atomic mass is 10.1. The molecule has 0 atom stereocenters. The van der Waals surface area contributed by atoms with E-state index in [9.17, 15) is 0 Å². The van der Waals surface area contributed by atoms with Crippen molar-refractivity contribution in [1.29, 1.82) is 0 Å². The molecule has 1 aromatic rings. The maximum atomic E-state index is 5.87. The SMILES string of the molecule is Cc1ccc(C2CC2)cc1OC1COC1. The van der Waals surface area contributed by atoms with Gasteiger partial charge in [0.05, 0.1) is 13.2 Å². The van der Waals surface area contributed by atoms with Gasteiger partial charge < -0.3 is 9.47 Å². The Bertz CT molecular complexity index is 365. The van der Waals surface area contributed by atoms with E-state index < -0.39 is 0 Å². The van der Waals surface area contributed by atoms with Crippen LogP contribution in [0.15, 0.2) is 18.2 Å². The van der Waals surface area contributed by atoms with E-state index in [1.165, 1.54) is 24.0 Å². The number of aryl methyl sites for hydroxylation is 1. The van der Waals surface area contributed by atoms with Crippen molar-refractivity contribution in [2.75, 3.05) is 13.2 Å². The molecule has 0 radical (unpaired) electrons. The molecule has 1 saturated carbocycles. The highest BCUT2D eigenvalue weighted by Crippen LogP contribution is 2.41. The maximum Gasteiger partial charge on any atom is 0.145 e. The topological polar surface area (TPSA) is 18.5 Å².